The maximum atomic E-state index is 13.6. The van der Waals surface area contributed by atoms with Crippen LogP contribution >= 0.6 is 0 Å². The second kappa shape index (κ2) is 6.62. The number of carbonyl (C=O) groups excluding carboxylic acids is 3. The lowest BCUT2D eigenvalue weighted by molar-refractivity contribution is -0.136. The summed E-state index contributed by atoms with van der Waals surface area (Å²) >= 11 is 0. The van der Waals surface area contributed by atoms with Gasteiger partial charge in [0.2, 0.25) is 5.91 Å². The molecule has 1 heterocycles. The van der Waals surface area contributed by atoms with E-state index in [-0.39, 0.29) is 5.92 Å². The molecule has 3 rings (SSSR count). The zero-order chi connectivity index (χ0) is 19.1. The minimum absolute atomic E-state index is 0.0654. The number of imide groups is 1. The van der Waals surface area contributed by atoms with Crippen molar-refractivity contribution < 1.29 is 27.6 Å². The lowest BCUT2D eigenvalue weighted by Crippen LogP contribution is -2.54. The van der Waals surface area contributed by atoms with Crippen molar-refractivity contribution in [2.75, 3.05) is 11.9 Å². The molecule has 1 aromatic rings. The number of benzene rings is 1. The molecule has 1 aliphatic carbocycles. The minimum atomic E-state index is -1.72. The monoisotopic (exact) mass is 369 g/mol. The highest BCUT2D eigenvalue weighted by molar-refractivity contribution is 6.10. The van der Waals surface area contributed by atoms with Crippen molar-refractivity contribution in [3.8, 4) is 0 Å². The fourth-order valence-electron chi connectivity index (χ4n) is 3.59. The summed E-state index contributed by atoms with van der Waals surface area (Å²) in [4.78, 5) is 37.8. The molecule has 1 aliphatic heterocycles. The topological polar surface area (TPSA) is 78.5 Å². The van der Waals surface area contributed by atoms with E-state index in [9.17, 15) is 27.6 Å². The van der Waals surface area contributed by atoms with Crippen LogP contribution in [0.4, 0.5) is 23.7 Å². The molecule has 1 aromatic carbocycles. The molecule has 2 atom stereocenters. The molecule has 140 valence electrons. The van der Waals surface area contributed by atoms with Gasteiger partial charge in [-0.25, -0.2) is 18.0 Å². The zero-order valence-corrected chi connectivity index (χ0v) is 14.1. The van der Waals surface area contributed by atoms with Crippen molar-refractivity contribution in [3.05, 3.63) is 29.6 Å². The SMILES string of the molecule is C[C@H]1CCCC[C@@]12NC(=O)N(CC(=O)Nc1ccc(F)c(F)c1F)C2=O. The Hall–Kier alpha value is -2.58. The van der Waals surface area contributed by atoms with Gasteiger partial charge in [0.05, 0.1) is 5.69 Å². The Kier molecular flexibility index (Phi) is 4.64. The summed E-state index contributed by atoms with van der Waals surface area (Å²) < 4.78 is 39.8. The molecule has 0 aromatic heterocycles. The van der Waals surface area contributed by atoms with E-state index >= 15 is 0 Å². The Balaban J connectivity index is 1.73. The number of urea groups is 1. The van der Waals surface area contributed by atoms with E-state index in [0.29, 0.717) is 12.5 Å². The highest BCUT2D eigenvalue weighted by Gasteiger charge is 2.55. The van der Waals surface area contributed by atoms with Gasteiger partial charge < -0.3 is 10.6 Å². The summed E-state index contributed by atoms with van der Waals surface area (Å²) in [5.74, 6) is -6.09. The molecular formula is C17H18F3N3O3. The number of carbonyl (C=O) groups is 3. The predicted molar refractivity (Wildman–Crippen MR) is 85.6 cm³/mol. The molecule has 1 saturated heterocycles. The summed E-state index contributed by atoms with van der Waals surface area (Å²) in [5, 5.41) is 4.74. The first-order valence-electron chi connectivity index (χ1n) is 8.33. The van der Waals surface area contributed by atoms with Gasteiger partial charge in [0.25, 0.3) is 5.91 Å². The van der Waals surface area contributed by atoms with Gasteiger partial charge in [-0.15, -0.1) is 0 Å². The van der Waals surface area contributed by atoms with Crippen molar-refractivity contribution in [1.82, 2.24) is 10.2 Å². The predicted octanol–water partition coefficient (Wildman–Crippen LogP) is 2.54. The van der Waals surface area contributed by atoms with Crippen LogP contribution in [0.3, 0.4) is 0 Å². The Morgan fingerprint density at radius 3 is 2.69 bits per heavy atom. The fourth-order valence-corrected chi connectivity index (χ4v) is 3.59. The van der Waals surface area contributed by atoms with Gasteiger partial charge in [-0.05, 0) is 30.9 Å². The molecule has 0 radical (unpaired) electrons. The second-order valence-electron chi connectivity index (χ2n) is 6.71. The summed E-state index contributed by atoms with van der Waals surface area (Å²) in [6.45, 7) is 1.23. The molecule has 2 N–H and O–H groups in total. The van der Waals surface area contributed by atoms with Gasteiger partial charge in [-0.1, -0.05) is 19.8 Å². The number of nitrogens with one attached hydrogen (secondary N) is 2. The highest BCUT2D eigenvalue weighted by Crippen LogP contribution is 2.38. The number of hydrogen-bond acceptors (Lipinski definition) is 3. The summed E-state index contributed by atoms with van der Waals surface area (Å²) in [6, 6.07) is 0.840. The molecule has 0 unspecified atom stereocenters. The maximum Gasteiger partial charge on any atom is 0.325 e. The molecule has 6 nitrogen and oxygen atoms in total. The fraction of sp³-hybridized carbons (Fsp3) is 0.471. The van der Waals surface area contributed by atoms with Gasteiger partial charge in [0.1, 0.15) is 12.1 Å². The summed E-state index contributed by atoms with van der Waals surface area (Å²) in [7, 11) is 0. The molecule has 26 heavy (non-hydrogen) atoms. The average molecular weight is 369 g/mol. The minimum Gasteiger partial charge on any atom is -0.323 e. The third-order valence-electron chi connectivity index (χ3n) is 5.11. The van der Waals surface area contributed by atoms with Gasteiger partial charge in [-0.2, -0.15) is 0 Å². The molecular weight excluding hydrogens is 351 g/mol. The first kappa shape index (κ1) is 18.2. The van der Waals surface area contributed by atoms with Crippen molar-refractivity contribution >= 4 is 23.5 Å². The van der Waals surface area contributed by atoms with Crippen LogP contribution in [-0.4, -0.2) is 34.8 Å². The van der Waals surface area contributed by atoms with Crippen LogP contribution in [0.1, 0.15) is 32.6 Å². The molecule has 2 fully saturated rings. The Morgan fingerprint density at radius 2 is 2.00 bits per heavy atom. The molecule has 1 saturated carbocycles. The van der Waals surface area contributed by atoms with E-state index in [1.165, 1.54) is 0 Å². The maximum absolute atomic E-state index is 13.6. The van der Waals surface area contributed by atoms with Crippen molar-refractivity contribution in [2.24, 2.45) is 5.92 Å². The van der Waals surface area contributed by atoms with Gasteiger partial charge in [0, 0.05) is 0 Å². The number of hydrogen-bond donors (Lipinski definition) is 2. The van der Waals surface area contributed by atoms with E-state index in [4.69, 9.17) is 0 Å². The lowest BCUT2D eigenvalue weighted by Gasteiger charge is -2.36. The number of anilines is 1. The van der Waals surface area contributed by atoms with Crippen LogP contribution in [0.25, 0.3) is 0 Å². The molecule has 2 aliphatic rings. The second-order valence-corrected chi connectivity index (χ2v) is 6.71. The van der Waals surface area contributed by atoms with Crippen LogP contribution in [0, 0.1) is 23.4 Å². The van der Waals surface area contributed by atoms with Crippen LogP contribution in [-0.2, 0) is 9.59 Å². The van der Waals surface area contributed by atoms with Crippen molar-refractivity contribution in [2.45, 2.75) is 38.1 Å². The van der Waals surface area contributed by atoms with Crippen LogP contribution < -0.4 is 10.6 Å². The highest BCUT2D eigenvalue weighted by atomic mass is 19.2. The first-order valence-corrected chi connectivity index (χ1v) is 8.33. The van der Waals surface area contributed by atoms with Gasteiger partial charge in [0.15, 0.2) is 17.5 Å². The normalized spacial score (nSPS) is 25.5. The van der Waals surface area contributed by atoms with Crippen LogP contribution in [0.15, 0.2) is 12.1 Å². The summed E-state index contributed by atoms with van der Waals surface area (Å²) in [5.41, 5.74) is -1.58. The Labute approximate surface area is 147 Å². The third-order valence-corrected chi connectivity index (χ3v) is 5.11. The van der Waals surface area contributed by atoms with Gasteiger partial charge in [-0.3, -0.25) is 14.5 Å². The Morgan fingerprint density at radius 1 is 1.27 bits per heavy atom. The van der Waals surface area contributed by atoms with Crippen molar-refractivity contribution in [1.29, 1.82) is 0 Å². The van der Waals surface area contributed by atoms with Crippen molar-refractivity contribution in [3.63, 3.8) is 0 Å². The smallest absolute Gasteiger partial charge is 0.323 e. The standard InChI is InChI=1S/C17H18F3N3O3/c1-9-4-2-3-7-17(9)15(25)23(16(26)22-17)8-12(24)21-11-6-5-10(18)13(19)14(11)20/h5-6,9H,2-4,7-8H2,1H3,(H,21,24)(H,22,26)/t9-,17+/m0/s1. The quantitative estimate of drug-likeness (QED) is 0.635. The van der Waals surface area contributed by atoms with E-state index < -0.39 is 53.1 Å². The van der Waals surface area contributed by atoms with Crippen LogP contribution in [0.2, 0.25) is 0 Å². The number of nitrogens with zero attached hydrogens (tertiary/aromatic N) is 1. The number of halogens is 3. The summed E-state index contributed by atoms with van der Waals surface area (Å²) in [6.07, 6.45) is 3.03. The average Bonchev–Trinajstić information content (AvgIpc) is 2.83. The number of rotatable bonds is 3. The van der Waals surface area contributed by atoms with Gasteiger partial charge >= 0.3 is 6.03 Å². The zero-order valence-electron chi connectivity index (χ0n) is 14.1. The van der Waals surface area contributed by atoms with E-state index in [0.717, 1.165) is 30.2 Å². The van der Waals surface area contributed by atoms with E-state index in [1.54, 1.807) is 0 Å². The molecule has 4 amide bonds. The first-order chi connectivity index (χ1) is 12.3. The van der Waals surface area contributed by atoms with Crippen LogP contribution in [0.5, 0.6) is 0 Å². The molecule has 1 spiro atoms. The van der Waals surface area contributed by atoms with E-state index in [1.807, 2.05) is 6.92 Å². The Bertz CT molecular complexity index is 786. The molecule has 9 heteroatoms. The largest absolute Gasteiger partial charge is 0.325 e. The van der Waals surface area contributed by atoms with E-state index in [2.05, 4.69) is 10.6 Å². The number of amides is 4. The lowest BCUT2D eigenvalue weighted by atomic mass is 9.73. The third kappa shape index (κ3) is 2.91. The molecule has 0 bridgehead atoms.